The van der Waals surface area contributed by atoms with E-state index in [9.17, 15) is 32.5 Å². The summed E-state index contributed by atoms with van der Waals surface area (Å²) in [6.07, 6.45) is -3.58. The SMILES string of the molecule is CNc1cc(F)c(C(=O)NCC2CCC(C(F)(F)F)CC2)cc1[N+](=O)[O-]. The van der Waals surface area contributed by atoms with Crippen LogP contribution < -0.4 is 10.6 Å². The van der Waals surface area contributed by atoms with Crippen molar-refractivity contribution in [2.75, 3.05) is 18.9 Å². The van der Waals surface area contributed by atoms with Crippen LogP contribution in [-0.2, 0) is 0 Å². The fourth-order valence-electron chi connectivity index (χ4n) is 3.11. The second kappa shape index (κ2) is 7.88. The highest BCUT2D eigenvalue weighted by atomic mass is 19.4. The zero-order valence-corrected chi connectivity index (χ0v) is 14.0. The Morgan fingerprint density at radius 2 is 1.88 bits per heavy atom. The quantitative estimate of drug-likeness (QED) is 0.463. The number of carbonyl (C=O) groups is 1. The van der Waals surface area contributed by atoms with Crippen molar-refractivity contribution in [1.29, 1.82) is 0 Å². The van der Waals surface area contributed by atoms with Crippen molar-refractivity contribution >= 4 is 17.3 Å². The number of nitro groups is 1. The van der Waals surface area contributed by atoms with Gasteiger partial charge in [0.15, 0.2) is 0 Å². The van der Waals surface area contributed by atoms with E-state index in [0.29, 0.717) is 12.8 Å². The lowest BCUT2D eigenvalue weighted by Crippen LogP contribution is -2.34. The van der Waals surface area contributed by atoms with Gasteiger partial charge in [0.05, 0.1) is 16.4 Å². The highest BCUT2D eigenvalue weighted by Gasteiger charge is 2.41. The van der Waals surface area contributed by atoms with Crippen molar-refractivity contribution in [3.05, 3.63) is 33.6 Å². The molecule has 0 unspecified atom stereocenters. The minimum absolute atomic E-state index is 0.000731. The van der Waals surface area contributed by atoms with Crippen LogP contribution in [0.15, 0.2) is 12.1 Å². The zero-order chi connectivity index (χ0) is 19.5. The van der Waals surface area contributed by atoms with Crippen LogP contribution in [0, 0.1) is 27.8 Å². The lowest BCUT2D eigenvalue weighted by molar-refractivity contribution is -0.384. The highest BCUT2D eigenvalue weighted by molar-refractivity contribution is 5.96. The average molecular weight is 377 g/mol. The molecule has 0 aromatic heterocycles. The molecule has 0 radical (unpaired) electrons. The molecule has 1 amide bonds. The Morgan fingerprint density at radius 1 is 1.27 bits per heavy atom. The summed E-state index contributed by atoms with van der Waals surface area (Å²) in [4.78, 5) is 22.4. The van der Waals surface area contributed by atoms with Gasteiger partial charge in [-0.05, 0) is 31.6 Å². The third kappa shape index (κ3) is 4.61. The van der Waals surface area contributed by atoms with Crippen LogP contribution in [0.4, 0.5) is 28.9 Å². The molecule has 1 fully saturated rings. The van der Waals surface area contributed by atoms with E-state index in [1.807, 2.05) is 0 Å². The number of hydrogen-bond donors (Lipinski definition) is 2. The predicted molar refractivity (Wildman–Crippen MR) is 86.4 cm³/mol. The van der Waals surface area contributed by atoms with Gasteiger partial charge in [0.25, 0.3) is 11.6 Å². The van der Waals surface area contributed by atoms with Gasteiger partial charge in [-0.15, -0.1) is 0 Å². The summed E-state index contributed by atoms with van der Waals surface area (Å²) in [5, 5.41) is 15.9. The van der Waals surface area contributed by atoms with Crippen molar-refractivity contribution in [3.8, 4) is 0 Å². The molecule has 2 rings (SSSR count). The molecule has 1 saturated carbocycles. The topological polar surface area (TPSA) is 84.3 Å². The third-order valence-corrected chi connectivity index (χ3v) is 4.66. The van der Waals surface area contributed by atoms with E-state index in [4.69, 9.17) is 0 Å². The summed E-state index contributed by atoms with van der Waals surface area (Å²) in [5.41, 5.74) is -0.973. The van der Waals surface area contributed by atoms with Gasteiger partial charge in [-0.25, -0.2) is 4.39 Å². The van der Waals surface area contributed by atoms with E-state index in [0.717, 1.165) is 12.1 Å². The third-order valence-electron chi connectivity index (χ3n) is 4.66. The van der Waals surface area contributed by atoms with E-state index in [-0.39, 0.29) is 31.0 Å². The zero-order valence-electron chi connectivity index (χ0n) is 14.0. The maximum atomic E-state index is 14.0. The predicted octanol–water partition coefficient (Wildman–Crippen LogP) is 3.87. The number of amides is 1. The summed E-state index contributed by atoms with van der Waals surface area (Å²) in [5.74, 6) is -3.19. The van der Waals surface area contributed by atoms with Gasteiger partial charge in [0.1, 0.15) is 11.5 Å². The van der Waals surface area contributed by atoms with Gasteiger partial charge in [-0.2, -0.15) is 13.2 Å². The molecular weight excluding hydrogens is 358 g/mol. The smallest absolute Gasteiger partial charge is 0.382 e. The first kappa shape index (κ1) is 19.9. The molecule has 1 aliphatic carbocycles. The lowest BCUT2D eigenvalue weighted by atomic mass is 9.81. The van der Waals surface area contributed by atoms with Crippen LogP contribution >= 0.6 is 0 Å². The van der Waals surface area contributed by atoms with Gasteiger partial charge < -0.3 is 10.6 Å². The number of alkyl halides is 3. The van der Waals surface area contributed by atoms with Crippen LogP contribution in [-0.4, -0.2) is 30.6 Å². The Labute approximate surface area is 147 Å². The molecule has 0 spiro atoms. The molecule has 0 bridgehead atoms. The van der Waals surface area contributed by atoms with E-state index >= 15 is 0 Å². The van der Waals surface area contributed by atoms with Crippen molar-refractivity contribution in [2.24, 2.45) is 11.8 Å². The largest absolute Gasteiger partial charge is 0.391 e. The maximum Gasteiger partial charge on any atom is 0.391 e. The van der Waals surface area contributed by atoms with Crippen LogP contribution in [0.5, 0.6) is 0 Å². The van der Waals surface area contributed by atoms with E-state index in [2.05, 4.69) is 10.6 Å². The molecule has 1 aliphatic rings. The van der Waals surface area contributed by atoms with Crippen molar-refractivity contribution in [3.63, 3.8) is 0 Å². The summed E-state index contributed by atoms with van der Waals surface area (Å²) in [7, 11) is 1.39. The molecule has 1 aromatic carbocycles. The summed E-state index contributed by atoms with van der Waals surface area (Å²) < 4.78 is 52.0. The number of anilines is 1. The van der Waals surface area contributed by atoms with Crippen LogP contribution in [0.2, 0.25) is 0 Å². The van der Waals surface area contributed by atoms with Gasteiger partial charge >= 0.3 is 6.18 Å². The molecule has 1 aromatic rings. The highest BCUT2D eigenvalue weighted by Crippen LogP contribution is 2.39. The fourth-order valence-corrected chi connectivity index (χ4v) is 3.11. The molecule has 0 heterocycles. The first-order valence-electron chi connectivity index (χ1n) is 8.14. The van der Waals surface area contributed by atoms with Crippen molar-refractivity contribution in [2.45, 2.75) is 31.9 Å². The molecule has 0 saturated heterocycles. The fraction of sp³-hybridized carbons (Fsp3) is 0.562. The normalized spacial score (nSPS) is 20.5. The number of nitrogens with zero attached hydrogens (tertiary/aromatic N) is 1. The number of benzene rings is 1. The molecular formula is C16H19F4N3O3. The standard InChI is InChI=1S/C16H19F4N3O3/c1-21-13-7-12(17)11(6-14(13)23(25)26)15(24)22-8-9-2-4-10(5-3-9)16(18,19)20/h6-7,9-10,21H,2-5,8H2,1H3,(H,22,24). The summed E-state index contributed by atoms with van der Waals surface area (Å²) in [6.45, 7) is 0.102. The number of rotatable bonds is 5. The lowest BCUT2D eigenvalue weighted by Gasteiger charge is -2.29. The van der Waals surface area contributed by atoms with Crippen molar-refractivity contribution in [1.82, 2.24) is 5.32 Å². The first-order valence-corrected chi connectivity index (χ1v) is 8.14. The Morgan fingerprint density at radius 3 is 2.38 bits per heavy atom. The second-order valence-electron chi connectivity index (χ2n) is 6.33. The minimum Gasteiger partial charge on any atom is -0.382 e. The van der Waals surface area contributed by atoms with E-state index in [1.165, 1.54) is 7.05 Å². The Bertz CT molecular complexity index is 686. The number of hydrogen-bond acceptors (Lipinski definition) is 4. The van der Waals surface area contributed by atoms with Crippen LogP contribution in [0.1, 0.15) is 36.0 Å². The van der Waals surface area contributed by atoms with Crippen molar-refractivity contribution < 1.29 is 27.3 Å². The molecule has 26 heavy (non-hydrogen) atoms. The molecule has 2 N–H and O–H groups in total. The van der Waals surface area contributed by atoms with Crippen LogP contribution in [0.25, 0.3) is 0 Å². The van der Waals surface area contributed by atoms with Gasteiger partial charge in [0, 0.05) is 25.7 Å². The molecule has 0 aliphatic heterocycles. The second-order valence-corrected chi connectivity index (χ2v) is 6.33. The first-order chi connectivity index (χ1) is 12.1. The molecule has 6 nitrogen and oxygen atoms in total. The molecule has 144 valence electrons. The Hall–Kier alpha value is -2.39. The van der Waals surface area contributed by atoms with Gasteiger partial charge in [0.2, 0.25) is 0 Å². The summed E-state index contributed by atoms with van der Waals surface area (Å²) >= 11 is 0. The Balaban J connectivity index is 1.99. The molecule has 0 atom stereocenters. The van der Waals surface area contributed by atoms with E-state index in [1.54, 1.807) is 0 Å². The van der Waals surface area contributed by atoms with Gasteiger partial charge in [-0.1, -0.05) is 0 Å². The summed E-state index contributed by atoms with van der Waals surface area (Å²) in [6, 6.07) is 1.71. The maximum absolute atomic E-state index is 14.0. The minimum atomic E-state index is -4.20. The number of nitro benzene ring substituents is 1. The molecule has 10 heteroatoms. The number of nitrogens with one attached hydrogen (secondary N) is 2. The average Bonchev–Trinajstić information content (AvgIpc) is 2.58. The van der Waals surface area contributed by atoms with E-state index < -0.39 is 40.0 Å². The number of carbonyl (C=O) groups excluding carboxylic acids is 1. The monoisotopic (exact) mass is 377 g/mol. The Kier molecular flexibility index (Phi) is 6.04. The number of halogens is 4. The van der Waals surface area contributed by atoms with Crippen LogP contribution in [0.3, 0.4) is 0 Å². The van der Waals surface area contributed by atoms with Gasteiger partial charge in [-0.3, -0.25) is 14.9 Å².